The van der Waals surface area contributed by atoms with Gasteiger partial charge in [-0.1, -0.05) is 24.3 Å². The average Bonchev–Trinajstić information content (AvgIpc) is 3.47. The van der Waals surface area contributed by atoms with Crippen molar-refractivity contribution in [1.29, 1.82) is 0 Å². The molecule has 0 unspecified atom stereocenters. The molecule has 0 atom stereocenters. The summed E-state index contributed by atoms with van der Waals surface area (Å²) in [6.45, 7) is 0. The number of hydrogen-bond acceptors (Lipinski definition) is 6. The number of nitro groups is 1. The first-order valence-electron chi connectivity index (χ1n) is 9.80. The van der Waals surface area contributed by atoms with Gasteiger partial charge in [-0.05, 0) is 71.1 Å². The number of fused-ring (bicyclic) bond motifs is 1. The fourth-order valence-corrected chi connectivity index (χ4v) is 4.91. The molecule has 1 amide bonds. The van der Waals surface area contributed by atoms with Crippen molar-refractivity contribution in [2.75, 3.05) is 5.32 Å². The van der Waals surface area contributed by atoms with Gasteiger partial charge < -0.3 is 9.73 Å². The second kappa shape index (κ2) is 8.75. The summed E-state index contributed by atoms with van der Waals surface area (Å²) < 4.78 is 7.75. The van der Waals surface area contributed by atoms with Crippen LogP contribution in [-0.4, -0.2) is 15.8 Å². The predicted octanol–water partition coefficient (Wildman–Crippen LogP) is 6.99. The highest BCUT2D eigenvalue weighted by Crippen LogP contribution is 2.36. The van der Waals surface area contributed by atoms with Crippen LogP contribution in [0.3, 0.4) is 0 Å². The highest BCUT2D eigenvalue weighted by molar-refractivity contribution is 14.1. The Bertz CT molecular complexity index is 1490. The number of nitrogens with zero attached hydrogens (tertiary/aromatic N) is 2. The van der Waals surface area contributed by atoms with Crippen molar-refractivity contribution in [2.45, 2.75) is 0 Å². The summed E-state index contributed by atoms with van der Waals surface area (Å²) in [6.07, 6.45) is 0. The zero-order chi connectivity index (χ0) is 22.9. The lowest BCUT2D eigenvalue weighted by Gasteiger charge is -2.09. The van der Waals surface area contributed by atoms with Crippen LogP contribution in [0, 0.1) is 13.7 Å². The minimum Gasteiger partial charge on any atom is -0.451 e. The molecule has 0 radical (unpaired) electrons. The van der Waals surface area contributed by atoms with Gasteiger partial charge in [0, 0.05) is 15.2 Å². The second-order valence-corrected chi connectivity index (χ2v) is 9.35. The normalized spacial score (nSPS) is 10.9. The molecular weight excluding hydrogens is 553 g/mol. The summed E-state index contributed by atoms with van der Waals surface area (Å²) in [5.74, 6) is -0.151. The molecule has 0 aliphatic carbocycles. The molecule has 33 heavy (non-hydrogen) atoms. The standard InChI is InChI=1S/C24H14IN3O4S/c25-14-9-10-17(16(13-14)24-27-18-6-2-4-8-22(18)33-24)26-23(29)21-12-11-20(32-21)15-5-1-3-7-19(15)28(30)31/h1-13H,(H,26,29). The van der Waals surface area contributed by atoms with E-state index in [0.29, 0.717) is 11.3 Å². The number of anilines is 1. The van der Waals surface area contributed by atoms with E-state index in [9.17, 15) is 14.9 Å². The summed E-state index contributed by atoms with van der Waals surface area (Å²) in [5, 5.41) is 15.0. The number of nitrogens with one attached hydrogen (secondary N) is 1. The largest absolute Gasteiger partial charge is 0.451 e. The number of rotatable bonds is 5. The molecule has 0 saturated heterocycles. The fraction of sp³-hybridized carbons (Fsp3) is 0. The summed E-state index contributed by atoms with van der Waals surface area (Å²) in [4.78, 5) is 28.5. The van der Waals surface area contributed by atoms with Gasteiger partial charge in [-0.2, -0.15) is 0 Å². The van der Waals surface area contributed by atoms with Gasteiger partial charge in [-0.25, -0.2) is 4.98 Å². The molecule has 1 N–H and O–H groups in total. The smallest absolute Gasteiger partial charge is 0.291 e. The van der Waals surface area contributed by atoms with E-state index in [1.165, 1.54) is 12.1 Å². The Morgan fingerprint density at radius 1 is 1.00 bits per heavy atom. The van der Waals surface area contributed by atoms with Gasteiger partial charge >= 0.3 is 0 Å². The maximum Gasteiger partial charge on any atom is 0.291 e. The molecule has 5 rings (SSSR count). The van der Waals surface area contributed by atoms with E-state index in [0.717, 1.165) is 24.4 Å². The Kier molecular flexibility index (Phi) is 5.65. The Morgan fingerprint density at radius 3 is 2.61 bits per heavy atom. The van der Waals surface area contributed by atoms with Crippen molar-refractivity contribution >= 4 is 61.4 Å². The lowest BCUT2D eigenvalue weighted by Crippen LogP contribution is -2.11. The topological polar surface area (TPSA) is 98.3 Å². The molecular formula is C24H14IN3O4S. The molecule has 2 heterocycles. The van der Waals surface area contributed by atoms with Crippen molar-refractivity contribution < 1.29 is 14.1 Å². The number of carbonyl (C=O) groups is 1. The van der Waals surface area contributed by atoms with Crippen LogP contribution in [0.25, 0.3) is 32.1 Å². The van der Waals surface area contributed by atoms with E-state index in [2.05, 4.69) is 27.9 Å². The molecule has 9 heteroatoms. The first-order valence-corrected chi connectivity index (χ1v) is 11.7. The first-order chi connectivity index (χ1) is 16.0. The summed E-state index contributed by atoms with van der Waals surface area (Å²) >= 11 is 3.77. The van der Waals surface area contributed by atoms with Crippen molar-refractivity contribution in [3.05, 3.63) is 98.3 Å². The number of nitro benzene ring substituents is 1. The number of aromatic nitrogens is 1. The van der Waals surface area contributed by atoms with Gasteiger partial charge in [0.2, 0.25) is 0 Å². The third-order valence-electron chi connectivity index (χ3n) is 4.95. The first kappa shape index (κ1) is 21.3. The minimum absolute atomic E-state index is 0.0527. The van der Waals surface area contributed by atoms with Crippen LogP contribution in [-0.2, 0) is 0 Å². The van der Waals surface area contributed by atoms with Gasteiger partial charge in [0.1, 0.15) is 10.8 Å². The molecule has 3 aromatic carbocycles. The van der Waals surface area contributed by atoms with Crippen molar-refractivity contribution in [3.63, 3.8) is 0 Å². The van der Waals surface area contributed by atoms with Crippen LogP contribution < -0.4 is 5.32 Å². The van der Waals surface area contributed by atoms with Crippen molar-refractivity contribution in [2.24, 2.45) is 0 Å². The van der Waals surface area contributed by atoms with Gasteiger partial charge in [-0.15, -0.1) is 11.3 Å². The quantitative estimate of drug-likeness (QED) is 0.140. The van der Waals surface area contributed by atoms with Crippen LogP contribution in [0.1, 0.15) is 10.6 Å². The van der Waals surface area contributed by atoms with Gasteiger partial charge in [0.15, 0.2) is 5.76 Å². The third-order valence-corrected chi connectivity index (χ3v) is 6.69. The Hall–Kier alpha value is -3.57. The highest BCUT2D eigenvalue weighted by atomic mass is 127. The molecule has 0 saturated carbocycles. The van der Waals surface area contributed by atoms with Gasteiger partial charge in [0.05, 0.1) is 26.4 Å². The molecule has 0 aliphatic heterocycles. The number of furan rings is 1. The van der Waals surface area contributed by atoms with Crippen LogP contribution in [0.4, 0.5) is 11.4 Å². The summed E-state index contributed by atoms with van der Waals surface area (Å²) in [7, 11) is 0. The third kappa shape index (κ3) is 4.24. The van der Waals surface area contributed by atoms with Crippen LogP contribution >= 0.6 is 33.9 Å². The molecule has 0 bridgehead atoms. The lowest BCUT2D eigenvalue weighted by atomic mass is 10.1. The number of thiazole rings is 1. The average molecular weight is 567 g/mol. The number of benzene rings is 3. The number of halogens is 1. The van der Waals surface area contributed by atoms with Gasteiger partial charge in [0.25, 0.3) is 11.6 Å². The Morgan fingerprint density at radius 2 is 1.79 bits per heavy atom. The fourth-order valence-electron chi connectivity index (χ4n) is 3.42. The van der Waals surface area contributed by atoms with Crippen LogP contribution in [0.15, 0.2) is 83.3 Å². The highest BCUT2D eigenvalue weighted by Gasteiger charge is 2.20. The zero-order valence-electron chi connectivity index (χ0n) is 16.8. The van der Waals surface area contributed by atoms with E-state index < -0.39 is 10.8 Å². The maximum absolute atomic E-state index is 13.0. The second-order valence-electron chi connectivity index (χ2n) is 7.07. The number of hydrogen-bond donors (Lipinski definition) is 1. The minimum atomic E-state index is -0.479. The van der Waals surface area contributed by atoms with E-state index in [1.807, 2.05) is 42.5 Å². The molecule has 0 spiro atoms. The van der Waals surface area contributed by atoms with Crippen LogP contribution in [0.2, 0.25) is 0 Å². The maximum atomic E-state index is 13.0. The molecule has 0 aliphatic rings. The Labute approximate surface area is 205 Å². The zero-order valence-corrected chi connectivity index (χ0v) is 19.8. The monoisotopic (exact) mass is 567 g/mol. The number of para-hydroxylation sites is 2. The summed E-state index contributed by atoms with van der Waals surface area (Å²) in [6, 6.07) is 22.9. The predicted molar refractivity (Wildman–Crippen MR) is 137 cm³/mol. The van der Waals surface area contributed by atoms with E-state index in [4.69, 9.17) is 9.40 Å². The SMILES string of the molecule is O=C(Nc1ccc(I)cc1-c1nc2ccccc2s1)c1ccc(-c2ccccc2[N+](=O)[O-])o1. The van der Waals surface area contributed by atoms with E-state index >= 15 is 0 Å². The molecule has 0 fully saturated rings. The molecule has 7 nitrogen and oxygen atoms in total. The van der Waals surface area contributed by atoms with Crippen molar-refractivity contribution in [1.82, 2.24) is 4.98 Å². The Balaban J connectivity index is 1.46. The van der Waals surface area contributed by atoms with Crippen LogP contribution in [0.5, 0.6) is 0 Å². The molecule has 2 aromatic heterocycles. The lowest BCUT2D eigenvalue weighted by molar-refractivity contribution is -0.384. The van der Waals surface area contributed by atoms with E-state index in [-0.39, 0.29) is 17.2 Å². The van der Waals surface area contributed by atoms with E-state index in [1.54, 1.807) is 35.6 Å². The number of carbonyl (C=O) groups excluding carboxylic acids is 1. The molecule has 5 aromatic rings. The molecule has 162 valence electrons. The van der Waals surface area contributed by atoms with Gasteiger partial charge in [-0.3, -0.25) is 14.9 Å². The summed E-state index contributed by atoms with van der Waals surface area (Å²) in [5.41, 5.74) is 2.53. The van der Waals surface area contributed by atoms with Crippen molar-refractivity contribution in [3.8, 4) is 21.9 Å². The number of amides is 1.